The smallest absolute Gasteiger partial charge is 0.0547 e. The molecule has 2 aromatic heterocycles. The number of hydrogen-bond donors (Lipinski definition) is 0. The number of hydrogen-bond acceptors (Lipinski definition) is 1. The van der Waals surface area contributed by atoms with E-state index in [9.17, 15) is 0 Å². The van der Waals surface area contributed by atoms with E-state index >= 15 is 0 Å². The van der Waals surface area contributed by atoms with E-state index in [0.717, 1.165) is 16.3 Å². The van der Waals surface area contributed by atoms with E-state index in [0.29, 0.717) is 0 Å². The van der Waals surface area contributed by atoms with Crippen LogP contribution < -0.4 is 10.6 Å². The van der Waals surface area contributed by atoms with Crippen molar-refractivity contribution in [2.45, 2.75) is 27.7 Å². The lowest BCUT2D eigenvalue weighted by atomic mass is 10.0. The molecule has 9 aromatic rings. The Morgan fingerprint density at radius 1 is 0.481 bits per heavy atom. The van der Waals surface area contributed by atoms with Gasteiger partial charge in [0.2, 0.25) is 0 Å². The molecular formula is C52H45NS. The van der Waals surface area contributed by atoms with Crippen LogP contribution in [-0.4, -0.2) is 4.57 Å². The zero-order valence-electron chi connectivity index (χ0n) is 31.5. The van der Waals surface area contributed by atoms with Gasteiger partial charge in [-0.25, -0.2) is 0 Å². The number of thiophene rings is 1. The van der Waals surface area contributed by atoms with Crippen molar-refractivity contribution in [3.05, 3.63) is 209 Å². The van der Waals surface area contributed by atoms with Gasteiger partial charge in [-0.2, -0.15) is 0 Å². The normalized spacial score (nSPS) is 11.4. The van der Waals surface area contributed by atoms with Gasteiger partial charge in [0.15, 0.2) is 0 Å². The second kappa shape index (κ2) is 16.6. The number of allylic oxidation sites excluding steroid dienone is 2. The molecule has 0 aliphatic carbocycles. The van der Waals surface area contributed by atoms with Crippen molar-refractivity contribution in [3.63, 3.8) is 0 Å². The first-order valence-corrected chi connectivity index (χ1v) is 19.3. The maximum atomic E-state index is 4.38. The lowest BCUT2D eigenvalue weighted by Gasteiger charge is -2.08. The van der Waals surface area contributed by atoms with Crippen LogP contribution in [0, 0.1) is 20.8 Å². The Labute approximate surface area is 323 Å². The molecule has 0 unspecified atom stereocenters. The first-order chi connectivity index (χ1) is 26.4. The molecule has 0 aliphatic heterocycles. The Morgan fingerprint density at radius 2 is 1.07 bits per heavy atom. The highest BCUT2D eigenvalue weighted by Crippen LogP contribution is 2.34. The van der Waals surface area contributed by atoms with Crippen LogP contribution in [0.15, 0.2) is 182 Å². The number of aryl methyl sites for hydroxylation is 3. The fourth-order valence-electron chi connectivity index (χ4n) is 6.81. The fourth-order valence-corrected chi connectivity index (χ4v) is 7.90. The minimum atomic E-state index is 1.06. The van der Waals surface area contributed by atoms with Crippen LogP contribution in [0.25, 0.3) is 71.7 Å². The summed E-state index contributed by atoms with van der Waals surface area (Å²) in [6, 6.07) is 60.1. The summed E-state index contributed by atoms with van der Waals surface area (Å²) in [5.74, 6) is 0. The number of nitrogens with zero attached hydrogens (tertiary/aromatic N) is 1. The molecule has 1 nitrogen and oxygen atoms in total. The fraction of sp³-hybridized carbons (Fsp3) is 0.0769. The summed E-state index contributed by atoms with van der Waals surface area (Å²) in [7, 11) is 0. The van der Waals surface area contributed by atoms with Gasteiger partial charge in [-0.05, 0) is 92.4 Å². The van der Waals surface area contributed by atoms with Crippen molar-refractivity contribution in [1.29, 1.82) is 0 Å². The van der Waals surface area contributed by atoms with Gasteiger partial charge in [0.05, 0.1) is 10.9 Å². The molecule has 2 heteroatoms. The Balaban J connectivity index is 0.000000139. The summed E-state index contributed by atoms with van der Waals surface area (Å²) >= 11 is 1.87. The van der Waals surface area contributed by atoms with Crippen molar-refractivity contribution in [2.75, 3.05) is 0 Å². The zero-order valence-corrected chi connectivity index (χ0v) is 32.3. The van der Waals surface area contributed by atoms with Crippen molar-refractivity contribution < 1.29 is 0 Å². The van der Waals surface area contributed by atoms with E-state index in [1.807, 2.05) is 36.5 Å². The van der Waals surface area contributed by atoms with Crippen LogP contribution in [0.5, 0.6) is 0 Å². The zero-order chi connectivity index (χ0) is 37.4. The lowest BCUT2D eigenvalue weighted by molar-refractivity contribution is 1.07. The van der Waals surface area contributed by atoms with E-state index < -0.39 is 0 Å². The Hall–Kier alpha value is -6.22. The standard InChI is InChI=1S/C26H23N.C13H10S.C13H12/c1-4-5-14-25-20(3)24-16-15-22(21-11-9-10-19(2)17-21)18-26(24)27(25)23-12-7-6-8-13-23;1-9-6-7-13-11(8-9)10-4-2-3-5-12(10)14-13;1-11-7-9-13(10-8-11)12-5-3-2-4-6-12/h4-18H,3H2,1-2H3;2-8H,1H3;2-10H,1H3/b5-4-,25-14+;;. The molecule has 0 aliphatic rings. The summed E-state index contributed by atoms with van der Waals surface area (Å²) in [5, 5.41) is 6.14. The number of para-hydroxylation sites is 1. The van der Waals surface area contributed by atoms with Crippen LogP contribution in [0.1, 0.15) is 23.6 Å². The van der Waals surface area contributed by atoms with E-state index in [2.05, 4.69) is 202 Å². The molecule has 54 heavy (non-hydrogen) atoms. The highest BCUT2D eigenvalue weighted by molar-refractivity contribution is 7.25. The number of rotatable bonds is 4. The SMILES string of the molecule is C=c1/c(=C\C=C/C)n(-c2ccccc2)c2cc(-c3cccc(C)c3)ccc12.Cc1ccc(-c2ccccc2)cc1.Cc1ccc2sc3ccccc3c2c1. The van der Waals surface area contributed by atoms with E-state index in [1.54, 1.807) is 0 Å². The molecule has 7 aromatic carbocycles. The lowest BCUT2D eigenvalue weighted by Crippen LogP contribution is -2.26. The minimum absolute atomic E-state index is 1.06. The Bertz CT molecular complexity index is 2800. The molecule has 0 radical (unpaired) electrons. The predicted octanol–water partition coefficient (Wildman–Crippen LogP) is 13.4. The molecule has 0 amide bonds. The minimum Gasteiger partial charge on any atom is -0.309 e. The topological polar surface area (TPSA) is 4.93 Å². The first-order valence-electron chi connectivity index (χ1n) is 18.5. The highest BCUT2D eigenvalue weighted by Gasteiger charge is 2.10. The highest BCUT2D eigenvalue weighted by atomic mass is 32.1. The van der Waals surface area contributed by atoms with Crippen LogP contribution >= 0.6 is 11.3 Å². The van der Waals surface area contributed by atoms with Gasteiger partial charge in [0.25, 0.3) is 0 Å². The van der Waals surface area contributed by atoms with Crippen LogP contribution in [-0.2, 0) is 0 Å². The number of benzene rings is 7. The molecular weight excluding hydrogens is 671 g/mol. The number of aromatic nitrogens is 1. The van der Waals surface area contributed by atoms with E-state index in [1.165, 1.54) is 70.0 Å². The molecule has 0 bridgehead atoms. The third-order valence-electron chi connectivity index (χ3n) is 9.62. The van der Waals surface area contributed by atoms with Gasteiger partial charge in [-0.3, -0.25) is 0 Å². The molecule has 2 heterocycles. The van der Waals surface area contributed by atoms with Crippen LogP contribution in [0.2, 0.25) is 0 Å². The molecule has 0 spiro atoms. The van der Waals surface area contributed by atoms with Crippen LogP contribution in [0.4, 0.5) is 0 Å². The summed E-state index contributed by atoms with van der Waals surface area (Å²) in [6.45, 7) is 12.8. The molecule has 9 rings (SSSR count). The van der Waals surface area contributed by atoms with Gasteiger partial charge >= 0.3 is 0 Å². The molecule has 0 saturated carbocycles. The third-order valence-corrected chi connectivity index (χ3v) is 10.8. The van der Waals surface area contributed by atoms with Crippen molar-refractivity contribution in [3.8, 4) is 27.9 Å². The Kier molecular flexibility index (Phi) is 11.1. The molecule has 0 saturated heterocycles. The van der Waals surface area contributed by atoms with Gasteiger partial charge < -0.3 is 4.57 Å². The van der Waals surface area contributed by atoms with E-state index in [-0.39, 0.29) is 0 Å². The van der Waals surface area contributed by atoms with Crippen molar-refractivity contribution >= 4 is 55.1 Å². The van der Waals surface area contributed by atoms with Gasteiger partial charge in [0, 0.05) is 36.5 Å². The molecule has 0 N–H and O–H groups in total. The second-order valence-corrected chi connectivity index (χ2v) is 14.7. The van der Waals surface area contributed by atoms with Crippen molar-refractivity contribution in [1.82, 2.24) is 4.57 Å². The summed E-state index contributed by atoms with van der Waals surface area (Å²) < 4.78 is 5.07. The number of fused-ring (bicyclic) bond motifs is 4. The average Bonchev–Trinajstić information content (AvgIpc) is 3.72. The van der Waals surface area contributed by atoms with Gasteiger partial charge in [0.1, 0.15) is 0 Å². The van der Waals surface area contributed by atoms with Gasteiger partial charge in [-0.1, -0.05) is 169 Å². The van der Waals surface area contributed by atoms with E-state index in [4.69, 9.17) is 0 Å². The predicted molar refractivity (Wildman–Crippen MR) is 238 cm³/mol. The second-order valence-electron chi connectivity index (χ2n) is 13.7. The largest absolute Gasteiger partial charge is 0.309 e. The van der Waals surface area contributed by atoms with Gasteiger partial charge in [-0.15, -0.1) is 11.3 Å². The maximum absolute atomic E-state index is 4.38. The summed E-state index contributed by atoms with van der Waals surface area (Å²) in [4.78, 5) is 0. The van der Waals surface area contributed by atoms with Crippen molar-refractivity contribution in [2.24, 2.45) is 0 Å². The quantitative estimate of drug-likeness (QED) is 0.171. The molecule has 0 fully saturated rings. The molecule has 0 atom stereocenters. The summed E-state index contributed by atoms with van der Waals surface area (Å²) in [5.41, 5.74) is 11.3. The first kappa shape index (κ1) is 36.2. The third kappa shape index (κ3) is 8.05. The maximum Gasteiger partial charge on any atom is 0.0547 e. The monoisotopic (exact) mass is 715 g/mol. The molecule has 264 valence electrons. The van der Waals surface area contributed by atoms with Crippen LogP contribution in [0.3, 0.4) is 0 Å². The average molecular weight is 716 g/mol. The Morgan fingerprint density at radius 3 is 1.81 bits per heavy atom. The summed E-state index contributed by atoms with van der Waals surface area (Å²) in [6.07, 6.45) is 6.26.